The molecule has 2 fully saturated rings. The number of hydrogen-bond acceptors (Lipinski definition) is 7. The van der Waals surface area contributed by atoms with Gasteiger partial charge in [-0.3, -0.25) is 14.5 Å². The first-order valence-electron chi connectivity index (χ1n) is 11.4. The molecule has 3 rings (SSSR count). The zero-order valence-corrected chi connectivity index (χ0v) is 18.7. The Kier molecular flexibility index (Phi) is 9.05. The molecule has 0 spiro atoms. The van der Waals surface area contributed by atoms with Crippen LogP contribution < -0.4 is 4.74 Å². The minimum absolute atomic E-state index is 0.0422. The van der Waals surface area contributed by atoms with Gasteiger partial charge >= 0.3 is 11.9 Å². The summed E-state index contributed by atoms with van der Waals surface area (Å²) >= 11 is 0. The van der Waals surface area contributed by atoms with Crippen molar-refractivity contribution in [3.63, 3.8) is 0 Å². The molecule has 0 radical (unpaired) electrons. The van der Waals surface area contributed by atoms with Gasteiger partial charge in [0.1, 0.15) is 17.6 Å². The molecule has 0 bridgehead atoms. The van der Waals surface area contributed by atoms with E-state index in [1.165, 1.54) is 0 Å². The second-order valence-electron chi connectivity index (χ2n) is 8.53. The molecule has 1 saturated carbocycles. The number of benzene rings is 1. The molecule has 1 saturated heterocycles. The number of nitrogens with zero attached hydrogens (tertiary/aromatic N) is 1. The lowest BCUT2D eigenvalue weighted by Gasteiger charge is -2.31. The van der Waals surface area contributed by atoms with E-state index in [2.05, 4.69) is 4.90 Å². The Morgan fingerprint density at radius 2 is 1.88 bits per heavy atom. The predicted octanol–water partition coefficient (Wildman–Crippen LogP) is 2.85. The molecule has 3 atom stereocenters. The molecule has 1 aliphatic heterocycles. The van der Waals surface area contributed by atoms with Crippen molar-refractivity contribution in [2.24, 2.45) is 11.8 Å². The normalized spacial score (nSPS) is 22.7. The van der Waals surface area contributed by atoms with Crippen LogP contribution in [0.4, 0.5) is 0 Å². The maximum atomic E-state index is 13.1. The lowest BCUT2D eigenvalue weighted by Crippen LogP contribution is -2.38. The highest BCUT2D eigenvalue weighted by Gasteiger charge is 2.36. The molecule has 0 amide bonds. The molecule has 0 aromatic heterocycles. The number of aliphatic carboxylic acids is 1. The second kappa shape index (κ2) is 12.0. The van der Waals surface area contributed by atoms with Crippen LogP contribution in [0.15, 0.2) is 24.3 Å². The molecule has 1 heterocycles. The Morgan fingerprint density at radius 3 is 2.56 bits per heavy atom. The molecule has 32 heavy (non-hydrogen) atoms. The van der Waals surface area contributed by atoms with E-state index in [0.29, 0.717) is 31.8 Å². The van der Waals surface area contributed by atoms with E-state index in [1.807, 2.05) is 6.07 Å². The van der Waals surface area contributed by atoms with Crippen molar-refractivity contribution in [2.45, 2.75) is 45.1 Å². The van der Waals surface area contributed by atoms with Crippen LogP contribution in [0, 0.1) is 11.8 Å². The molecule has 1 unspecified atom stereocenters. The van der Waals surface area contributed by atoms with E-state index in [0.717, 1.165) is 44.5 Å². The van der Waals surface area contributed by atoms with Crippen LogP contribution in [0.5, 0.6) is 5.75 Å². The van der Waals surface area contributed by atoms with E-state index >= 15 is 0 Å². The Labute approximate surface area is 188 Å². The van der Waals surface area contributed by atoms with Gasteiger partial charge in [0.25, 0.3) is 0 Å². The average molecular weight is 448 g/mol. The van der Waals surface area contributed by atoms with Gasteiger partial charge in [-0.25, -0.2) is 4.79 Å². The van der Waals surface area contributed by atoms with Crippen molar-refractivity contribution in [3.8, 4) is 5.75 Å². The number of carbonyl (C=O) groups is 3. The predicted molar refractivity (Wildman–Crippen MR) is 116 cm³/mol. The first kappa shape index (κ1) is 24.2. The molecular weight excluding hydrogens is 414 g/mol. The van der Waals surface area contributed by atoms with Gasteiger partial charge in [-0.05, 0) is 37.5 Å². The van der Waals surface area contributed by atoms with Gasteiger partial charge in [-0.15, -0.1) is 0 Å². The van der Waals surface area contributed by atoms with Crippen molar-refractivity contribution >= 4 is 17.7 Å². The summed E-state index contributed by atoms with van der Waals surface area (Å²) in [6.07, 6.45) is 3.35. The minimum Gasteiger partial charge on any atom is -0.482 e. The second-order valence-corrected chi connectivity index (χ2v) is 8.53. The third-order valence-corrected chi connectivity index (χ3v) is 6.25. The molecule has 176 valence electrons. The Balaban J connectivity index is 1.74. The molecule has 1 aliphatic carbocycles. The number of hydrogen-bond donors (Lipinski definition) is 1. The summed E-state index contributed by atoms with van der Waals surface area (Å²) in [5, 5.41) is 8.88. The van der Waals surface area contributed by atoms with Gasteiger partial charge in [0, 0.05) is 32.0 Å². The van der Waals surface area contributed by atoms with Crippen LogP contribution in [0.25, 0.3) is 0 Å². The summed E-state index contributed by atoms with van der Waals surface area (Å²) in [7, 11) is 0. The highest BCUT2D eigenvalue weighted by Crippen LogP contribution is 2.34. The van der Waals surface area contributed by atoms with E-state index in [-0.39, 0.29) is 17.7 Å². The number of ether oxygens (including phenoxy) is 3. The number of esters is 1. The fraction of sp³-hybridized carbons (Fsp3) is 0.625. The van der Waals surface area contributed by atoms with Crippen molar-refractivity contribution in [1.29, 1.82) is 0 Å². The Bertz CT molecular complexity index is 790. The lowest BCUT2D eigenvalue weighted by molar-refractivity contribution is -0.160. The third kappa shape index (κ3) is 7.03. The summed E-state index contributed by atoms with van der Waals surface area (Å²) in [5.41, 5.74) is 0.754. The largest absolute Gasteiger partial charge is 0.482 e. The smallest absolute Gasteiger partial charge is 0.341 e. The number of morpholine rings is 1. The summed E-state index contributed by atoms with van der Waals surface area (Å²) < 4.78 is 16.7. The fourth-order valence-corrected chi connectivity index (χ4v) is 4.50. The number of ketones is 1. The zero-order valence-electron chi connectivity index (χ0n) is 18.7. The van der Waals surface area contributed by atoms with Crippen LogP contribution in [-0.2, 0) is 23.9 Å². The van der Waals surface area contributed by atoms with Crippen LogP contribution >= 0.6 is 0 Å². The van der Waals surface area contributed by atoms with E-state index in [9.17, 15) is 14.4 Å². The first-order valence-corrected chi connectivity index (χ1v) is 11.4. The maximum Gasteiger partial charge on any atom is 0.341 e. The van der Waals surface area contributed by atoms with Crippen molar-refractivity contribution in [2.75, 3.05) is 39.5 Å². The monoisotopic (exact) mass is 447 g/mol. The molecule has 1 aromatic rings. The van der Waals surface area contributed by atoms with Crippen LogP contribution in [-0.4, -0.2) is 67.2 Å². The topological polar surface area (TPSA) is 102 Å². The SMILES string of the molecule is CC(=O)C1CCCC[C@H]1C(=O)O[C@H](CCN1CCOCC1)c1cccc(OCC(=O)O)c1. The van der Waals surface area contributed by atoms with Crippen molar-refractivity contribution in [1.82, 2.24) is 4.90 Å². The molecule has 1 N–H and O–H groups in total. The third-order valence-electron chi connectivity index (χ3n) is 6.25. The van der Waals surface area contributed by atoms with Crippen molar-refractivity contribution in [3.05, 3.63) is 29.8 Å². The van der Waals surface area contributed by atoms with Crippen LogP contribution in [0.1, 0.15) is 50.7 Å². The molecule has 1 aromatic carbocycles. The number of rotatable bonds is 10. The number of carbonyl (C=O) groups excluding carboxylic acids is 2. The van der Waals surface area contributed by atoms with E-state index in [4.69, 9.17) is 19.3 Å². The molecule has 2 aliphatic rings. The molecular formula is C24H33NO7. The summed E-state index contributed by atoms with van der Waals surface area (Å²) in [5.74, 6) is -1.61. The van der Waals surface area contributed by atoms with Crippen molar-refractivity contribution < 1.29 is 33.7 Å². The Morgan fingerprint density at radius 1 is 1.16 bits per heavy atom. The zero-order chi connectivity index (χ0) is 22.9. The highest BCUT2D eigenvalue weighted by molar-refractivity contribution is 5.85. The van der Waals surface area contributed by atoms with Gasteiger partial charge in [-0.1, -0.05) is 25.0 Å². The number of Topliss-reactive ketones (excluding diaryl/α,β-unsaturated/α-hetero) is 1. The summed E-state index contributed by atoms with van der Waals surface area (Å²) in [6.45, 7) is 4.88. The molecule has 8 heteroatoms. The van der Waals surface area contributed by atoms with Crippen LogP contribution in [0.2, 0.25) is 0 Å². The van der Waals surface area contributed by atoms with E-state index < -0.39 is 24.6 Å². The first-order chi connectivity index (χ1) is 15.4. The van der Waals surface area contributed by atoms with Gasteiger partial charge in [0.15, 0.2) is 6.61 Å². The maximum absolute atomic E-state index is 13.1. The quantitative estimate of drug-likeness (QED) is 0.546. The van der Waals surface area contributed by atoms with Crippen LogP contribution in [0.3, 0.4) is 0 Å². The number of carboxylic acids is 1. The van der Waals surface area contributed by atoms with Gasteiger partial charge in [0.05, 0.1) is 19.1 Å². The number of carboxylic acid groups (broad SMARTS) is 1. The Hall–Kier alpha value is -2.45. The van der Waals surface area contributed by atoms with Gasteiger partial charge in [0.2, 0.25) is 0 Å². The fourth-order valence-electron chi connectivity index (χ4n) is 4.50. The highest BCUT2D eigenvalue weighted by atomic mass is 16.5. The summed E-state index contributed by atoms with van der Waals surface area (Å²) in [6, 6.07) is 7.03. The van der Waals surface area contributed by atoms with Gasteiger partial charge in [-0.2, -0.15) is 0 Å². The van der Waals surface area contributed by atoms with E-state index in [1.54, 1.807) is 25.1 Å². The standard InChI is InChI=1S/C24H33NO7/c1-17(26)20-7-2-3-8-21(20)24(29)32-22(9-10-25-11-13-30-14-12-25)18-5-4-6-19(15-18)31-16-23(27)28/h4-6,15,20-22H,2-3,7-14,16H2,1H3,(H,27,28)/t20?,21-,22-/m1/s1. The lowest BCUT2D eigenvalue weighted by atomic mass is 9.77. The summed E-state index contributed by atoms with van der Waals surface area (Å²) in [4.78, 5) is 38.3. The minimum atomic E-state index is -1.06. The molecule has 8 nitrogen and oxygen atoms in total. The van der Waals surface area contributed by atoms with Gasteiger partial charge < -0.3 is 19.3 Å². The average Bonchev–Trinajstić information content (AvgIpc) is 2.81.